The van der Waals surface area contributed by atoms with Crippen molar-refractivity contribution in [2.75, 3.05) is 6.61 Å². The molecule has 5 nitrogen and oxygen atoms in total. The Morgan fingerprint density at radius 3 is 2.64 bits per heavy atom. The number of hydrogen-bond donors (Lipinski definition) is 2. The van der Waals surface area contributed by atoms with E-state index in [1.165, 1.54) is 17.4 Å². The maximum atomic E-state index is 11.5. The van der Waals surface area contributed by atoms with Crippen LogP contribution in [0.4, 0.5) is 0 Å². The van der Waals surface area contributed by atoms with Gasteiger partial charge in [-0.2, -0.15) is 0 Å². The van der Waals surface area contributed by atoms with E-state index in [0.29, 0.717) is 5.75 Å². The van der Waals surface area contributed by atoms with E-state index in [1.54, 1.807) is 18.2 Å². The molecular weight excluding hydrogens is 300 g/mol. The van der Waals surface area contributed by atoms with Gasteiger partial charge in [0.25, 0.3) is 11.8 Å². The molecule has 0 atom stereocenters. The number of hydrazine groups is 1. The molecular formula is C16H16N2O3S. The predicted octanol–water partition coefficient (Wildman–Crippen LogP) is 2.30. The summed E-state index contributed by atoms with van der Waals surface area (Å²) in [4.78, 5) is 24.0. The van der Waals surface area contributed by atoms with E-state index in [1.807, 2.05) is 36.6 Å². The first-order valence-corrected chi connectivity index (χ1v) is 7.51. The van der Waals surface area contributed by atoms with Gasteiger partial charge >= 0.3 is 0 Å². The van der Waals surface area contributed by atoms with Crippen molar-refractivity contribution < 1.29 is 14.3 Å². The summed E-state index contributed by atoms with van der Waals surface area (Å²) < 4.78 is 5.29. The molecule has 2 amide bonds. The van der Waals surface area contributed by atoms with Crippen LogP contribution in [0.25, 0.3) is 6.08 Å². The molecule has 6 heteroatoms. The van der Waals surface area contributed by atoms with Crippen LogP contribution in [0.2, 0.25) is 0 Å². The highest BCUT2D eigenvalue weighted by Gasteiger charge is 2.03. The number of aryl methyl sites for hydroxylation is 1. The zero-order valence-corrected chi connectivity index (χ0v) is 12.9. The van der Waals surface area contributed by atoms with Crippen molar-refractivity contribution in [3.05, 3.63) is 58.3 Å². The van der Waals surface area contributed by atoms with Gasteiger partial charge in [-0.3, -0.25) is 20.4 Å². The molecule has 22 heavy (non-hydrogen) atoms. The molecule has 0 unspecified atom stereocenters. The van der Waals surface area contributed by atoms with Crippen LogP contribution in [0.5, 0.6) is 5.75 Å². The Morgan fingerprint density at radius 2 is 1.95 bits per heavy atom. The van der Waals surface area contributed by atoms with Gasteiger partial charge in [0.2, 0.25) is 0 Å². The summed E-state index contributed by atoms with van der Waals surface area (Å²) in [5, 5.41) is 1.92. The normalized spacial score (nSPS) is 10.4. The summed E-state index contributed by atoms with van der Waals surface area (Å²) in [7, 11) is 0. The summed E-state index contributed by atoms with van der Waals surface area (Å²) in [6, 6.07) is 11.1. The van der Waals surface area contributed by atoms with Gasteiger partial charge in [-0.15, -0.1) is 11.3 Å². The van der Waals surface area contributed by atoms with E-state index >= 15 is 0 Å². The van der Waals surface area contributed by atoms with Crippen LogP contribution in [0.3, 0.4) is 0 Å². The van der Waals surface area contributed by atoms with Gasteiger partial charge in [0, 0.05) is 11.0 Å². The molecule has 0 spiro atoms. The summed E-state index contributed by atoms with van der Waals surface area (Å²) in [5.41, 5.74) is 5.69. The lowest BCUT2D eigenvalue weighted by atomic mass is 10.2. The summed E-state index contributed by atoms with van der Waals surface area (Å²) >= 11 is 1.52. The smallest absolute Gasteiger partial charge is 0.276 e. The summed E-state index contributed by atoms with van der Waals surface area (Å²) in [6.07, 6.45) is 3.03. The molecule has 0 aliphatic heterocycles. The van der Waals surface area contributed by atoms with E-state index in [2.05, 4.69) is 10.9 Å². The average molecular weight is 316 g/mol. The number of benzene rings is 1. The number of amides is 2. The van der Waals surface area contributed by atoms with Crippen molar-refractivity contribution in [2.45, 2.75) is 6.92 Å². The predicted molar refractivity (Wildman–Crippen MR) is 86.3 cm³/mol. The highest BCUT2D eigenvalue weighted by Crippen LogP contribution is 2.11. The van der Waals surface area contributed by atoms with E-state index in [4.69, 9.17) is 4.74 Å². The third-order valence-electron chi connectivity index (χ3n) is 2.66. The van der Waals surface area contributed by atoms with Gasteiger partial charge in [0.1, 0.15) is 5.75 Å². The van der Waals surface area contributed by atoms with Crippen molar-refractivity contribution >= 4 is 29.2 Å². The van der Waals surface area contributed by atoms with Crippen LogP contribution in [0, 0.1) is 6.92 Å². The van der Waals surface area contributed by atoms with Crippen LogP contribution < -0.4 is 15.6 Å². The monoisotopic (exact) mass is 316 g/mol. The molecule has 0 aliphatic carbocycles. The standard InChI is InChI=1S/C16H16N2O3S/c1-12-4-6-13(7-5-12)21-11-16(20)18-17-15(19)9-8-14-3-2-10-22-14/h2-10H,11H2,1H3,(H,17,19)(H,18,20)/b9-8+. The number of thiophene rings is 1. The van der Waals surface area contributed by atoms with Gasteiger partial charge in [-0.05, 0) is 36.6 Å². The van der Waals surface area contributed by atoms with Crippen molar-refractivity contribution in [1.29, 1.82) is 0 Å². The zero-order valence-electron chi connectivity index (χ0n) is 12.0. The van der Waals surface area contributed by atoms with Gasteiger partial charge in [0.15, 0.2) is 6.61 Å². The third-order valence-corrected chi connectivity index (χ3v) is 3.50. The highest BCUT2D eigenvalue weighted by atomic mass is 32.1. The second-order valence-corrected chi connectivity index (χ2v) is 5.47. The molecule has 0 saturated heterocycles. The van der Waals surface area contributed by atoms with Crippen LogP contribution in [0.15, 0.2) is 47.9 Å². The van der Waals surface area contributed by atoms with Crippen molar-refractivity contribution in [2.24, 2.45) is 0 Å². The first-order valence-electron chi connectivity index (χ1n) is 6.63. The second kappa shape index (κ2) is 7.99. The van der Waals surface area contributed by atoms with Gasteiger partial charge in [0.05, 0.1) is 0 Å². The molecule has 0 saturated carbocycles. The number of hydrogen-bond acceptors (Lipinski definition) is 4. The summed E-state index contributed by atoms with van der Waals surface area (Å²) in [6.45, 7) is 1.80. The fourth-order valence-corrected chi connectivity index (χ4v) is 2.15. The minimum atomic E-state index is -0.432. The van der Waals surface area contributed by atoms with E-state index in [-0.39, 0.29) is 6.61 Å². The number of rotatable bonds is 5. The number of carbonyl (C=O) groups is 2. The van der Waals surface area contributed by atoms with Gasteiger partial charge < -0.3 is 4.74 Å². The fourth-order valence-electron chi connectivity index (χ4n) is 1.54. The Kier molecular flexibility index (Phi) is 5.73. The Morgan fingerprint density at radius 1 is 1.18 bits per heavy atom. The Balaban J connectivity index is 1.68. The fraction of sp³-hybridized carbons (Fsp3) is 0.125. The number of nitrogens with one attached hydrogen (secondary N) is 2. The first-order chi connectivity index (χ1) is 10.6. The van der Waals surface area contributed by atoms with Crippen molar-refractivity contribution in [1.82, 2.24) is 10.9 Å². The largest absolute Gasteiger partial charge is 0.484 e. The lowest BCUT2D eigenvalue weighted by Crippen LogP contribution is -2.43. The highest BCUT2D eigenvalue weighted by molar-refractivity contribution is 7.10. The molecule has 2 N–H and O–H groups in total. The molecule has 1 heterocycles. The first kappa shape index (κ1) is 15.8. The van der Waals surface area contributed by atoms with E-state index < -0.39 is 11.8 Å². The molecule has 0 radical (unpaired) electrons. The minimum absolute atomic E-state index is 0.169. The average Bonchev–Trinajstić information content (AvgIpc) is 3.04. The third kappa shape index (κ3) is 5.41. The molecule has 1 aromatic carbocycles. The SMILES string of the molecule is Cc1ccc(OCC(=O)NNC(=O)/C=C/c2cccs2)cc1. The molecule has 0 fully saturated rings. The number of ether oxygens (including phenoxy) is 1. The van der Waals surface area contributed by atoms with Crippen LogP contribution in [-0.4, -0.2) is 18.4 Å². The molecule has 2 aromatic rings. The minimum Gasteiger partial charge on any atom is -0.484 e. The van der Waals surface area contributed by atoms with Gasteiger partial charge in [-0.25, -0.2) is 0 Å². The zero-order chi connectivity index (χ0) is 15.8. The van der Waals surface area contributed by atoms with E-state index in [0.717, 1.165) is 10.4 Å². The number of carbonyl (C=O) groups excluding carboxylic acids is 2. The maximum absolute atomic E-state index is 11.5. The molecule has 0 bridgehead atoms. The summed E-state index contributed by atoms with van der Waals surface area (Å²) in [5.74, 6) is -0.236. The Labute approximate surface area is 132 Å². The maximum Gasteiger partial charge on any atom is 0.276 e. The van der Waals surface area contributed by atoms with Gasteiger partial charge in [-0.1, -0.05) is 23.8 Å². The van der Waals surface area contributed by atoms with Crippen LogP contribution in [-0.2, 0) is 9.59 Å². The molecule has 1 aromatic heterocycles. The lowest BCUT2D eigenvalue weighted by molar-refractivity contribution is -0.128. The quantitative estimate of drug-likeness (QED) is 0.657. The van der Waals surface area contributed by atoms with Crippen molar-refractivity contribution in [3.63, 3.8) is 0 Å². The Hall–Kier alpha value is -2.60. The van der Waals surface area contributed by atoms with Crippen LogP contribution >= 0.6 is 11.3 Å². The second-order valence-electron chi connectivity index (χ2n) is 4.49. The topological polar surface area (TPSA) is 67.4 Å². The van der Waals surface area contributed by atoms with Crippen molar-refractivity contribution in [3.8, 4) is 5.75 Å². The molecule has 114 valence electrons. The Bertz CT molecular complexity index is 649. The molecule has 0 aliphatic rings. The van der Waals surface area contributed by atoms with E-state index in [9.17, 15) is 9.59 Å². The molecule has 2 rings (SSSR count). The lowest BCUT2D eigenvalue weighted by Gasteiger charge is -2.07. The van der Waals surface area contributed by atoms with Crippen LogP contribution in [0.1, 0.15) is 10.4 Å².